The Bertz CT molecular complexity index is 1020. The van der Waals surface area contributed by atoms with Crippen LogP contribution in [-0.4, -0.2) is 31.7 Å². The number of hydrogen-bond acceptors (Lipinski definition) is 3. The molecule has 1 unspecified atom stereocenters. The van der Waals surface area contributed by atoms with Gasteiger partial charge in [-0.2, -0.15) is 4.31 Å². The lowest BCUT2D eigenvalue weighted by Gasteiger charge is -2.32. The average molecular weight is 471 g/mol. The van der Waals surface area contributed by atoms with Crippen LogP contribution in [0.15, 0.2) is 53.4 Å². The fourth-order valence-electron chi connectivity index (χ4n) is 4.40. The maximum Gasteiger partial charge on any atom is 0.243 e. The van der Waals surface area contributed by atoms with Gasteiger partial charge in [0.1, 0.15) is 0 Å². The molecule has 1 atom stereocenters. The molecule has 1 N–H and O–H groups in total. The van der Waals surface area contributed by atoms with Crippen LogP contribution in [0.25, 0.3) is 0 Å². The fourth-order valence-corrected chi connectivity index (χ4v) is 5.87. The van der Waals surface area contributed by atoms with Crippen molar-refractivity contribution in [1.29, 1.82) is 0 Å². The number of amides is 1. The molecule has 33 heavy (non-hydrogen) atoms. The Morgan fingerprint density at radius 3 is 1.97 bits per heavy atom. The van der Waals surface area contributed by atoms with E-state index in [1.165, 1.54) is 9.87 Å². The molecule has 1 saturated heterocycles. The third kappa shape index (κ3) is 6.04. The minimum absolute atomic E-state index is 0.0200. The van der Waals surface area contributed by atoms with Gasteiger partial charge in [0.25, 0.3) is 0 Å². The minimum Gasteiger partial charge on any atom is -0.349 e. The highest BCUT2D eigenvalue weighted by Gasteiger charge is 2.33. The van der Waals surface area contributed by atoms with Gasteiger partial charge in [-0.05, 0) is 59.9 Å². The van der Waals surface area contributed by atoms with Crippen LogP contribution in [0.3, 0.4) is 0 Å². The van der Waals surface area contributed by atoms with Gasteiger partial charge in [0.15, 0.2) is 0 Å². The number of aryl methyl sites for hydroxylation is 1. The van der Waals surface area contributed by atoms with Gasteiger partial charge in [-0.25, -0.2) is 8.42 Å². The molecule has 1 aliphatic heterocycles. The number of piperidine rings is 1. The lowest BCUT2D eigenvalue weighted by atomic mass is 9.92. The summed E-state index contributed by atoms with van der Waals surface area (Å²) in [5.41, 5.74) is 3.51. The summed E-state index contributed by atoms with van der Waals surface area (Å²) >= 11 is 0. The zero-order valence-corrected chi connectivity index (χ0v) is 21.4. The molecule has 1 aliphatic rings. The van der Waals surface area contributed by atoms with Gasteiger partial charge in [-0.1, -0.05) is 71.0 Å². The van der Waals surface area contributed by atoms with Gasteiger partial charge < -0.3 is 5.32 Å². The van der Waals surface area contributed by atoms with Crippen molar-refractivity contribution in [3.63, 3.8) is 0 Å². The highest BCUT2D eigenvalue weighted by molar-refractivity contribution is 7.89. The Hall–Kier alpha value is -2.18. The first-order valence-electron chi connectivity index (χ1n) is 12.1. The molecule has 0 radical (unpaired) electrons. The van der Waals surface area contributed by atoms with Crippen LogP contribution >= 0.6 is 0 Å². The summed E-state index contributed by atoms with van der Waals surface area (Å²) in [4.78, 5) is 13.4. The molecule has 0 aromatic heterocycles. The summed E-state index contributed by atoms with van der Waals surface area (Å²) in [5, 5.41) is 3.24. The molecule has 1 amide bonds. The van der Waals surface area contributed by atoms with E-state index in [2.05, 4.69) is 64.2 Å². The van der Waals surface area contributed by atoms with Crippen LogP contribution < -0.4 is 5.32 Å². The van der Waals surface area contributed by atoms with E-state index in [-0.39, 0.29) is 23.8 Å². The maximum atomic E-state index is 13.1. The second-order valence-corrected chi connectivity index (χ2v) is 11.7. The van der Waals surface area contributed by atoms with Crippen molar-refractivity contribution < 1.29 is 13.2 Å². The largest absolute Gasteiger partial charge is 0.349 e. The molecular formula is C27H38N2O3S. The zero-order chi connectivity index (χ0) is 24.2. The van der Waals surface area contributed by atoms with Crippen LogP contribution in [0.4, 0.5) is 0 Å². The van der Waals surface area contributed by atoms with E-state index in [9.17, 15) is 13.2 Å². The van der Waals surface area contributed by atoms with Crippen molar-refractivity contribution >= 4 is 15.9 Å². The number of benzene rings is 2. The molecule has 3 rings (SSSR count). The second kappa shape index (κ2) is 10.8. The molecular weight excluding hydrogens is 432 g/mol. The molecule has 2 aromatic rings. The fraction of sp³-hybridized carbons (Fsp3) is 0.519. The third-order valence-electron chi connectivity index (χ3n) is 6.72. The molecule has 0 aliphatic carbocycles. The first-order chi connectivity index (χ1) is 15.6. The average Bonchev–Trinajstić information content (AvgIpc) is 2.82. The summed E-state index contributed by atoms with van der Waals surface area (Å²) in [6.07, 6.45) is 2.06. The topological polar surface area (TPSA) is 66.5 Å². The first-order valence-corrected chi connectivity index (χ1v) is 13.6. The Morgan fingerprint density at radius 2 is 1.48 bits per heavy atom. The number of nitrogens with one attached hydrogen (secondary N) is 1. The molecule has 2 aromatic carbocycles. The Kier molecular flexibility index (Phi) is 8.35. The second-order valence-electron chi connectivity index (χ2n) is 9.73. The quantitative estimate of drug-likeness (QED) is 0.570. The van der Waals surface area contributed by atoms with E-state index in [4.69, 9.17) is 0 Å². The molecule has 1 heterocycles. The van der Waals surface area contributed by atoms with Gasteiger partial charge in [-0.15, -0.1) is 0 Å². The number of hydrogen-bond donors (Lipinski definition) is 1. The van der Waals surface area contributed by atoms with E-state index in [0.29, 0.717) is 36.7 Å². The van der Waals surface area contributed by atoms with Crippen molar-refractivity contribution in [3.05, 3.63) is 65.2 Å². The van der Waals surface area contributed by atoms with E-state index in [1.807, 2.05) is 12.1 Å². The molecule has 6 heteroatoms. The van der Waals surface area contributed by atoms with E-state index >= 15 is 0 Å². The lowest BCUT2D eigenvalue weighted by Crippen LogP contribution is -2.44. The number of carbonyl (C=O) groups is 1. The predicted molar refractivity (Wildman–Crippen MR) is 134 cm³/mol. The monoisotopic (exact) mass is 470 g/mol. The summed E-state index contributed by atoms with van der Waals surface area (Å²) in [7, 11) is -3.54. The van der Waals surface area contributed by atoms with E-state index in [0.717, 1.165) is 17.5 Å². The molecule has 5 nitrogen and oxygen atoms in total. The maximum absolute atomic E-state index is 13.1. The molecule has 180 valence electrons. The zero-order valence-electron chi connectivity index (χ0n) is 20.5. The molecule has 0 bridgehead atoms. The summed E-state index contributed by atoms with van der Waals surface area (Å²) < 4.78 is 27.7. The van der Waals surface area contributed by atoms with Crippen molar-refractivity contribution in [1.82, 2.24) is 9.62 Å². The van der Waals surface area contributed by atoms with Crippen LogP contribution in [-0.2, 0) is 21.2 Å². The van der Waals surface area contributed by atoms with E-state index < -0.39 is 10.0 Å². The van der Waals surface area contributed by atoms with Crippen molar-refractivity contribution in [2.45, 2.75) is 70.7 Å². The Balaban J connectivity index is 1.62. The number of sulfonamides is 1. The van der Waals surface area contributed by atoms with Crippen molar-refractivity contribution in [3.8, 4) is 0 Å². The van der Waals surface area contributed by atoms with Gasteiger partial charge in [0.05, 0.1) is 10.9 Å². The van der Waals surface area contributed by atoms with Crippen molar-refractivity contribution in [2.75, 3.05) is 13.1 Å². The Labute approximate surface area is 199 Å². The number of nitrogens with zero attached hydrogens (tertiary/aromatic N) is 1. The van der Waals surface area contributed by atoms with E-state index in [1.54, 1.807) is 12.1 Å². The Morgan fingerprint density at radius 1 is 0.939 bits per heavy atom. The highest BCUT2D eigenvalue weighted by Crippen LogP contribution is 2.27. The van der Waals surface area contributed by atoms with Gasteiger partial charge >= 0.3 is 0 Å². The summed E-state index contributed by atoms with van der Waals surface area (Å²) in [5.74, 6) is 0.466. The summed E-state index contributed by atoms with van der Waals surface area (Å²) in [6.45, 7) is 11.3. The van der Waals surface area contributed by atoms with Gasteiger partial charge in [0.2, 0.25) is 15.9 Å². The standard InChI is InChI=1S/C27H38N2O3S/c1-6-21-7-9-23(10-8-21)26(20(4)5)28-27(30)24-15-17-29(18-16-24)33(31,32)25-13-11-22(12-14-25)19(2)3/h7-14,19-20,24,26H,6,15-18H2,1-5H3,(H,28,30). The van der Waals surface area contributed by atoms with Crippen molar-refractivity contribution in [2.24, 2.45) is 11.8 Å². The van der Waals surface area contributed by atoms with Crippen LogP contribution in [0.1, 0.15) is 76.1 Å². The van der Waals surface area contributed by atoms with Crippen LogP contribution in [0.2, 0.25) is 0 Å². The third-order valence-corrected chi connectivity index (χ3v) is 8.63. The molecule has 0 saturated carbocycles. The number of rotatable bonds is 8. The van der Waals surface area contributed by atoms with Gasteiger partial charge in [-0.3, -0.25) is 4.79 Å². The van der Waals surface area contributed by atoms with Crippen LogP contribution in [0, 0.1) is 11.8 Å². The van der Waals surface area contributed by atoms with Crippen LogP contribution in [0.5, 0.6) is 0 Å². The highest BCUT2D eigenvalue weighted by atomic mass is 32.2. The van der Waals surface area contributed by atoms with Gasteiger partial charge in [0, 0.05) is 19.0 Å². The predicted octanol–water partition coefficient (Wildman–Crippen LogP) is 5.29. The normalized spacial score (nSPS) is 16.8. The molecule has 1 fully saturated rings. The SMILES string of the molecule is CCc1ccc(C(NC(=O)C2CCN(S(=O)(=O)c3ccc(C(C)C)cc3)CC2)C(C)C)cc1. The minimum atomic E-state index is -3.54. The summed E-state index contributed by atoms with van der Waals surface area (Å²) in [6, 6.07) is 15.5. The lowest BCUT2D eigenvalue weighted by molar-refractivity contribution is -0.127. The number of carbonyl (C=O) groups excluding carboxylic acids is 1. The molecule has 0 spiro atoms. The first kappa shape index (κ1) is 25.4. The smallest absolute Gasteiger partial charge is 0.243 e.